The van der Waals surface area contributed by atoms with Gasteiger partial charge < -0.3 is 20.3 Å². The highest BCUT2D eigenvalue weighted by atomic mass is 19.1. The maximum atomic E-state index is 12.8. The Morgan fingerprint density at radius 1 is 1.36 bits per heavy atom. The van der Waals surface area contributed by atoms with Gasteiger partial charge in [0.2, 0.25) is 17.8 Å². The van der Waals surface area contributed by atoms with Gasteiger partial charge in [-0.15, -0.1) is 0 Å². The zero-order chi connectivity index (χ0) is 19.8. The Bertz CT molecular complexity index is 885. The highest BCUT2D eigenvalue weighted by Crippen LogP contribution is 2.34. The summed E-state index contributed by atoms with van der Waals surface area (Å²) in [5, 5.41) is 6.25. The number of fused-ring (bicyclic) bond motifs is 1. The second-order valence-electron chi connectivity index (χ2n) is 7.41. The Hall–Kier alpha value is -2.97. The van der Waals surface area contributed by atoms with Crippen LogP contribution in [0.15, 0.2) is 18.3 Å². The molecule has 0 unspecified atom stereocenters. The number of nitrogens with zero attached hydrogens (tertiary/aromatic N) is 4. The molecule has 28 heavy (non-hydrogen) atoms. The number of hydrogen-bond donors (Lipinski definition) is 2. The van der Waals surface area contributed by atoms with Gasteiger partial charge >= 0.3 is 0 Å². The zero-order valence-corrected chi connectivity index (χ0v) is 16.1. The highest BCUT2D eigenvalue weighted by Gasteiger charge is 2.33. The largest absolute Gasteiger partial charge is 0.492 e. The van der Waals surface area contributed by atoms with Crippen LogP contribution in [-0.2, 0) is 4.79 Å². The minimum absolute atomic E-state index is 0.0550. The number of carbonyl (C=O) groups excluding carboxylic acids is 1. The van der Waals surface area contributed by atoms with Gasteiger partial charge in [-0.1, -0.05) is 0 Å². The number of pyridine rings is 1. The highest BCUT2D eigenvalue weighted by molar-refractivity contribution is 6.03. The maximum absolute atomic E-state index is 12.8. The molecule has 8 nitrogen and oxygen atoms in total. The number of ether oxygens (including phenoxy) is 1. The third-order valence-electron chi connectivity index (χ3n) is 5.37. The van der Waals surface area contributed by atoms with Crippen LogP contribution in [0, 0.1) is 18.8 Å². The molecule has 0 spiro atoms. The van der Waals surface area contributed by atoms with E-state index in [0.717, 1.165) is 24.4 Å². The van der Waals surface area contributed by atoms with Crippen LogP contribution in [0.25, 0.3) is 0 Å². The van der Waals surface area contributed by atoms with Crippen molar-refractivity contribution in [3.63, 3.8) is 0 Å². The van der Waals surface area contributed by atoms with Crippen molar-refractivity contribution in [1.82, 2.24) is 15.0 Å². The van der Waals surface area contributed by atoms with Crippen molar-refractivity contribution in [3.8, 4) is 5.75 Å². The van der Waals surface area contributed by atoms with Gasteiger partial charge in [0.05, 0.1) is 18.5 Å². The standard InChI is InChI=1S/C19H23FN6O2/c1-10-16-17(26(3)11(2)18(27)24-16)25-19(22-10)23-13-6-12(7-13)9-28-14-4-5-15(20)21-8-14/h4-5,8,11-13H,6-7,9H2,1-3H3,(H,24,27)(H,22,23,25)/t11-,12?,13?/m0/s1. The second kappa shape index (κ2) is 7.21. The van der Waals surface area contributed by atoms with Crippen LogP contribution in [0.3, 0.4) is 0 Å². The third-order valence-corrected chi connectivity index (χ3v) is 5.37. The number of aryl methyl sites for hydroxylation is 1. The molecule has 1 aliphatic heterocycles. The molecule has 1 aliphatic carbocycles. The third kappa shape index (κ3) is 3.56. The van der Waals surface area contributed by atoms with E-state index in [0.29, 0.717) is 29.9 Å². The molecule has 0 aromatic carbocycles. The van der Waals surface area contributed by atoms with Crippen molar-refractivity contribution >= 4 is 23.4 Å². The first kappa shape index (κ1) is 18.4. The smallest absolute Gasteiger partial charge is 0.246 e. The fraction of sp³-hybridized carbons (Fsp3) is 0.474. The number of anilines is 3. The summed E-state index contributed by atoms with van der Waals surface area (Å²) in [5.41, 5.74) is 1.41. The van der Waals surface area contributed by atoms with E-state index < -0.39 is 5.95 Å². The van der Waals surface area contributed by atoms with E-state index in [4.69, 9.17) is 4.74 Å². The van der Waals surface area contributed by atoms with Crippen LogP contribution >= 0.6 is 0 Å². The molecule has 0 radical (unpaired) electrons. The van der Waals surface area contributed by atoms with Gasteiger partial charge in [-0.2, -0.15) is 9.37 Å². The van der Waals surface area contributed by atoms with E-state index >= 15 is 0 Å². The number of hydrogen-bond acceptors (Lipinski definition) is 7. The maximum Gasteiger partial charge on any atom is 0.246 e. The quantitative estimate of drug-likeness (QED) is 0.762. The van der Waals surface area contributed by atoms with E-state index in [-0.39, 0.29) is 18.0 Å². The lowest BCUT2D eigenvalue weighted by Crippen LogP contribution is -2.45. The average Bonchev–Trinajstić information content (AvgIpc) is 2.64. The molecule has 2 N–H and O–H groups in total. The molecule has 0 bridgehead atoms. The van der Waals surface area contributed by atoms with E-state index in [1.54, 1.807) is 6.07 Å². The molecule has 1 saturated carbocycles. The number of rotatable bonds is 5. The predicted molar refractivity (Wildman–Crippen MR) is 103 cm³/mol. The van der Waals surface area contributed by atoms with E-state index in [1.165, 1.54) is 12.3 Å². The van der Waals surface area contributed by atoms with Crippen molar-refractivity contribution in [2.45, 2.75) is 38.8 Å². The summed E-state index contributed by atoms with van der Waals surface area (Å²) in [5.74, 6) is 1.72. The Morgan fingerprint density at radius 2 is 2.14 bits per heavy atom. The van der Waals surface area contributed by atoms with Gasteiger partial charge in [-0.3, -0.25) is 4.79 Å². The summed E-state index contributed by atoms with van der Waals surface area (Å²) < 4.78 is 18.5. The summed E-state index contributed by atoms with van der Waals surface area (Å²) in [4.78, 5) is 26.5. The fourth-order valence-electron chi connectivity index (χ4n) is 3.44. The topological polar surface area (TPSA) is 92.3 Å². The lowest BCUT2D eigenvalue weighted by atomic mass is 9.81. The first-order chi connectivity index (χ1) is 13.4. The van der Waals surface area contributed by atoms with Crippen molar-refractivity contribution in [1.29, 1.82) is 0 Å². The van der Waals surface area contributed by atoms with Crippen molar-refractivity contribution in [3.05, 3.63) is 30.0 Å². The second-order valence-corrected chi connectivity index (χ2v) is 7.41. The van der Waals surface area contributed by atoms with Gasteiger partial charge in [0.15, 0.2) is 5.82 Å². The van der Waals surface area contributed by atoms with Crippen LogP contribution in [-0.4, -0.2) is 46.6 Å². The molecule has 1 amide bonds. The van der Waals surface area contributed by atoms with Gasteiger partial charge in [0.1, 0.15) is 17.5 Å². The van der Waals surface area contributed by atoms with E-state index in [9.17, 15) is 9.18 Å². The number of likely N-dealkylation sites (N-methyl/N-ethyl adjacent to an activating group) is 1. The monoisotopic (exact) mass is 386 g/mol. The molecule has 1 fully saturated rings. The Labute approximate surface area is 162 Å². The lowest BCUT2D eigenvalue weighted by molar-refractivity contribution is -0.117. The van der Waals surface area contributed by atoms with E-state index in [2.05, 4.69) is 25.6 Å². The number of nitrogens with one attached hydrogen (secondary N) is 2. The van der Waals surface area contributed by atoms with Crippen LogP contribution in [0.5, 0.6) is 5.75 Å². The van der Waals surface area contributed by atoms with Gasteiger partial charge in [-0.05, 0) is 44.7 Å². The van der Waals surface area contributed by atoms with Gasteiger partial charge in [-0.25, -0.2) is 9.97 Å². The summed E-state index contributed by atoms with van der Waals surface area (Å²) >= 11 is 0. The first-order valence-corrected chi connectivity index (χ1v) is 9.34. The van der Waals surface area contributed by atoms with Crippen LogP contribution in [0.1, 0.15) is 25.5 Å². The van der Waals surface area contributed by atoms with Crippen LogP contribution in [0.2, 0.25) is 0 Å². The number of halogens is 1. The summed E-state index contributed by atoms with van der Waals surface area (Å²) in [6.07, 6.45) is 3.28. The number of aromatic nitrogens is 3. The molecule has 4 rings (SSSR count). The molecule has 148 valence electrons. The molecule has 9 heteroatoms. The first-order valence-electron chi connectivity index (χ1n) is 9.34. The lowest BCUT2D eigenvalue weighted by Gasteiger charge is -2.36. The van der Waals surface area contributed by atoms with Crippen molar-refractivity contribution < 1.29 is 13.9 Å². The molecule has 0 saturated heterocycles. The number of amides is 1. The molecule has 2 aromatic heterocycles. The normalized spacial score (nSPS) is 23.5. The summed E-state index contributed by atoms with van der Waals surface area (Å²) in [6, 6.07) is 2.87. The fourth-order valence-corrected chi connectivity index (χ4v) is 3.44. The van der Waals surface area contributed by atoms with Crippen molar-refractivity contribution in [2.75, 3.05) is 29.2 Å². The minimum Gasteiger partial charge on any atom is -0.492 e. The molecular formula is C19H23FN6O2. The average molecular weight is 386 g/mol. The number of carbonyl (C=O) groups is 1. The van der Waals surface area contributed by atoms with Gasteiger partial charge in [0.25, 0.3) is 0 Å². The SMILES string of the molecule is Cc1nc(NC2CC(COc3ccc(F)nc3)C2)nc2c1NC(=O)[C@H](C)N2C. The zero-order valence-electron chi connectivity index (χ0n) is 16.1. The molecular weight excluding hydrogens is 363 g/mol. The van der Waals surface area contributed by atoms with Crippen LogP contribution < -0.4 is 20.3 Å². The summed E-state index contributed by atoms with van der Waals surface area (Å²) in [7, 11) is 1.86. The minimum atomic E-state index is -0.514. The molecule has 2 aliphatic rings. The molecule has 3 heterocycles. The van der Waals surface area contributed by atoms with E-state index in [1.807, 2.05) is 25.8 Å². The predicted octanol–water partition coefficient (Wildman–Crippen LogP) is 2.37. The molecule has 2 aromatic rings. The van der Waals surface area contributed by atoms with Crippen LogP contribution in [0.4, 0.5) is 21.8 Å². The van der Waals surface area contributed by atoms with Crippen molar-refractivity contribution in [2.24, 2.45) is 5.92 Å². The summed E-state index contributed by atoms with van der Waals surface area (Å²) in [6.45, 7) is 4.28. The Morgan fingerprint density at radius 3 is 2.86 bits per heavy atom. The Balaban J connectivity index is 1.33. The Kier molecular flexibility index (Phi) is 4.74. The van der Waals surface area contributed by atoms with Gasteiger partial charge in [0, 0.05) is 13.1 Å². The molecule has 1 atom stereocenters.